The molecule has 1 fully saturated rings. The number of nitrogens with zero attached hydrogens (tertiary/aromatic N) is 4. The maximum atomic E-state index is 11.7. The van der Waals surface area contributed by atoms with Crippen molar-refractivity contribution in [2.75, 3.05) is 63.7 Å². The Hall–Kier alpha value is -1.59. The van der Waals surface area contributed by atoms with Crippen molar-refractivity contribution in [3.8, 4) is 0 Å². The second-order valence-electron chi connectivity index (χ2n) is 5.15. The van der Waals surface area contributed by atoms with Gasteiger partial charge in [-0.15, -0.1) is 10.2 Å². The monoisotopic (exact) mass is 389 g/mol. The molecule has 0 atom stereocenters. The molecule has 1 aliphatic rings. The van der Waals surface area contributed by atoms with E-state index in [1.807, 2.05) is 0 Å². The first-order valence-corrected chi connectivity index (χ1v) is 9.82. The van der Waals surface area contributed by atoms with E-state index >= 15 is 0 Å². The number of nitrogens with one attached hydrogen (secondary N) is 1. The van der Waals surface area contributed by atoms with Crippen LogP contribution in [0.3, 0.4) is 0 Å². The molecule has 9 nitrogen and oxygen atoms in total. The van der Waals surface area contributed by atoms with Crippen LogP contribution >= 0.6 is 23.1 Å². The number of methoxy groups -OCH3 is 1. The fourth-order valence-corrected chi connectivity index (χ4v) is 3.88. The molecule has 11 heteroatoms. The average molecular weight is 390 g/mol. The van der Waals surface area contributed by atoms with Crippen molar-refractivity contribution < 1.29 is 19.1 Å². The zero-order valence-corrected chi connectivity index (χ0v) is 16.0. The maximum Gasteiger partial charge on any atom is 0.409 e. The third-order valence-electron chi connectivity index (χ3n) is 3.43. The van der Waals surface area contributed by atoms with Gasteiger partial charge in [0.05, 0.1) is 19.0 Å². The third kappa shape index (κ3) is 6.33. The van der Waals surface area contributed by atoms with Gasteiger partial charge in [-0.05, 0) is 6.92 Å². The highest BCUT2D eigenvalue weighted by molar-refractivity contribution is 8.01. The predicted molar refractivity (Wildman–Crippen MR) is 96.3 cm³/mol. The van der Waals surface area contributed by atoms with E-state index in [-0.39, 0.29) is 12.0 Å². The minimum Gasteiger partial charge on any atom is -0.450 e. The lowest BCUT2D eigenvalue weighted by Gasteiger charge is -2.33. The molecule has 1 saturated heterocycles. The molecular formula is C14H23N5O4S2. The second kappa shape index (κ2) is 10.4. The number of carbonyl (C=O) groups excluding carboxylic acids is 2. The zero-order chi connectivity index (χ0) is 18.1. The average Bonchev–Trinajstić information content (AvgIpc) is 3.09. The van der Waals surface area contributed by atoms with Gasteiger partial charge in [-0.25, -0.2) is 4.79 Å². The normalized spacial score (nSPS) is 14.5. The molecule has 2 amide bonds. The van der Waals surface area contributed by atoms with E-state index in [9.17, 15) is 9.59 Å². The summed E-state index contributed by atoms with van der Waals surface area (Å²) in [4.78, 5) is 27.2. The van der Waals surface area contributed by atoms with Crippen LogP contribution in [-0.2, 0) is 14.3 Å². The van der Waals surface area contributed by atoms with Crippen LogP contribution in [0, 0.1) is 0 Å². The minimum atomic E-state index is -0.268. The van der Waals surface area contributed by atoms with Gasteiger partial charge >= 0.3 is 6.09 Å². The molecule has 1 N–H and O–H groups in total. The van der Waals surface area contributed by atoms with Gasteiger partial charge in [-0.1, -0.05) is 23.1 Å². The summed E-state index contributed by atoms with van der Waals surface area (Å²) < 4.78 is 10.6. The van der Waals surface area contributed by atoms with Crippen molar-refractivity contribution >= 4 is 40.2 Å². The number of aromatic nitrogens is 2. The number of amides is 2. The lowest BCUT2D eigenvalue weighted by Crippen LogP contribution is -2.49. The SMILES string of the molecule is CCOC(=O)N1CCN(c2nnc(SCC(=O)NCCOC)s2)CC1. The van der Waals surface area contributed by atoms with Gasteiger partial charge in [0.1, 0.15) is 0 Å². The molecule has 25 heavy (non-hydrogen) atoms. The molecule has 1 aromatic rings. The number of hydrogen-bond donors (Lipinski definition) is 1. The van der Waals surface area contributed by atoms with E-state index in [4.69, 9.17) is 9.47 Å². The molecule has 0 spiro atoms. The van der Waals surface area contributed by atoms with E-state index in [0.717, 1.165) is 9.47 Å². The molecule has 0 aliphatic carbocycles. The van der Waals surface area contributed by atoms with Gasteiger partial charge in [0.25, 0.3) is 0 Å². The van der Waals surface area contributed by atoms with Crippen molar-refractivity contribution in [1.29, 1.82) is 0 Å². The van der Waals surface area contributed by atoms with Crippen molar-refractivity contribution in [3.63, 3.8) is 0 Å². The van der Waals surface area contributed by atoms with Crippen molar-refractivity contribution in [2.45, 2.75) is 11.3 Å². The number of piperazine rings is 1. The van der Waals surface area contributed by atoms with Crippen LogP contribution < -0.4 is 10.2 Å². The van der Waals surface area contributed by atoms with Crippen molar-refractivity contribution in [3.05, 3.63) is 0 Å². The topological polar surface area (TPSA) is 96.9 Å². The summed E-state index contributed by atoms with van der Waals surface area (Å²) in [6.45, 7) is 5.76. The molecule has 2 heterocycles. The van der Waals surface area contributed by atoms with Crippen molar-refractivity contribution in [1.82, 2.24) is 20.4 Å². The Morgan fingerprint density at radius 1 is 1.28 bits per heavy atom. The molecule has 1 aromatic heterocycles. The standard InChI is InChI=1S/C14H23N5O4S2/c1-3-23-14(21)19-7-5-18(6-8-19)12-16-17-13(25-12)24-10-11(20)15-4-9-22-2/h3-10H2,1-2H3,(H,15,20). The smallest absolute Gasteiger partial charge is 0.409 e. The molecule has 0 aromatic carbocycles. The van der Waals surface area contributed by atoms with Gasteiger partial charge < -0.3 is 24.6 Å². The first-order chi connectivity index (χ1) is 12.1. The van der Waals surface area contributed by atoms with E-state index in [0.29, 0.717) is 51.7 Å². The summed E-state index contributed by atoms with van der Waals surface area (Å²) in [6, 6.07) is 0. The summed E-state index contributed by atoms with van der Waals surface area (Å²) in [7, 11) is 1.59. The number of carbonyl (C=O) groups is 2. The molecule has 0 saturated carbocycles. The van der Waals surface area contributed by atoms with Gasteiger partial charge in [-0.3, -0.25) is 4.79 Å². The van der Waals surface area contributed by atoms with E-state index < -0.39 is 0 Å². The highest BCUT2D eigenvalue weighted by Gasteiger charge is 2.24. The molecule has 0 unspecified atom stereocenters. The predicted octanol–water partition coefficient (Wildman–Crippen LogP) is 0.671. The van der Waals surface area contributed by atoms with Crippen LogP contribution in [0.25, 0.3) is 0 Å². The van der Waals surface area contributed by atoms with Crippen molar-refractivity contribution in [2.24, 2.45) is 0 Å². The van der Waals surface area contributed by atoms with Crippen LogP contribution in [-0.4, -0.2) is 85.9 Å². The first-order valence-electron chi connectivity index (χ1n) is 8.02. The Bertz CT molecular complexity index is 563. The number of ether oxygens (including phenoxy) is 2. The van der Waals surface area contributed by atoms with Crippen LogP contribution in [0.4, 0.5) is 9.93 Å². The summed E-state index contributed by atoms with van der Waals surface area (Å²) in [5.41, 5.74) is 0. The lowest BCUT2D eigenvalue weighted by atomic mass is 10.3. The maximum absolute atomic E-state index is 11.7. The highest BCUT2D eigenvalue weighted by Crippen LogP contribution is 2.28. The highest BCUT2D eigenvalue weighted by atomic mass is 32.2. The Morgan fingerprint density at radius 3 is 2.72 bits per heavy atom. The molecule has 140 valence electrons. The van der Waals surface area contributed by atoms with Gasteiger partial charge in [-0.2, -0.15) is 0 Å². The van der Waals surface area contributed by atoms with Gasteiger partial charge in [0.15, 0.2) is 4.34 Å². The fraction of sp³-hybridized carbons (Fsp3) is 0.714. The van der Waals surface area contributed by atoms with E-state index in [1.165, 1.54) is 23.1 Å². The fourth-order valence-electron chi connectivity index (χ4n) is 2.15. The van der Waals surface area contributed by atoms with Crippen LogP contribution in [0.2, 0.25) is 0 Å². The van der Waals surface area contributed by atoms with Crippen LogP contribution in [0.5, 0.6) is 0 Å². The minimum absolute atomic E-state index is 0.0538. The Labute approximate surface area is 155 Å². The van der Waals surface area contributed by atoms with Crippen LogP contribution in [0.1, 0.15) is 6.92 Å². The number of rotatable bonds is 8. The second-order valence-corrected chi connectivity index (χ2v) is 7.33. The lowest BCUT2D eigenvalue weighted by molar-refractivity contribution is -0.118. The largest absolute Gasteiger partial charge is 0.450 e. The van der Waals surface area contributed by atoms with Gasteiger partial charge in [0.2, 0.25) is 11.0 Å². The Kier molecular flexibility index (Phi) is 8.22. The van der Waals surface area contributed by atoms with Crippen LogP contribution in [0.15, 0.2) is 4.34 Å². The third-order valence-corrected chi connectivity index (χ3v) is 5.54. The number of thioether (sulfide) groups is 1. The Balaban J connectivity index is 1.74. The quantitative estimate of drug-likeness (QED) is 0.512. The summed E-state index contributed by atoms with van der Waals surface area (Å²) >= 11 is 2.82. The first kappa shape index (κ1) is 19.7. The summed E-state index contributed by atoms with van der Waals surface area (Å²) in [5.74, 6) is 0.247. The summed E-state index contributed by atoms with van der Waals surface area (Å²) in [6.07, 6.45) is -0.268. The molecular weight excluding hydrogens is 366 g/mol. The summed E-state index contributed by atoms with van der Waals surface area (Å²) in [5, 5.41) is 11.9. The molecule has 0 bridgehead atoms. The number of anilines is 1. The zero-order valence-electron chi connectivity index (χ0n) is 14.4. The molecule has 1 aliphatic heterocycles. The van der Waals surface area contributed by atoms with E-state index in [1.54, 1.807) is 18.9 Å². The number of hydrogen-bond acceptors (Lipinski definition) is 9. The molecule has 2 rings (SSSR count). The molecule has 0 radical (unpaired) electrons. The van der Waals surface area contributed by atoms with Gasteiger partial charge in [0, 0.05) is 39.8 Å². The Morgan fingerprint density at radius 2 is 2.04 bits per heavy atom. The van der Waals surface area contributed by atoms with E-state index in [2.05, 4.69) is 20.4 Å².